The molecule has 0 heterocycles. The maximum absolute atomic E-state index is 13.5. The molecule has 0 radical (unpaired) electrons. The third-order valence-corrected chi connectivity index (χ3v) is 3.57. The van der Waals surface area contributed by atoms with Crippen LogP contribution < -0.4 is 5.32 Å². The largest absolute Gasteiger partial charge is 0.392 e. The number of hydrogen-bond donors (Lipinski definition) is 2. The molecule has 0 spiro atoms. The maximum atomic E-state index is 13.5. The van der Waals surface area contributed by atoms with E-state index in [0.29, 0.717) is 6.07 Å². The molecule has 0 aliphatic carbocycles. The summed E-state index contributed by atoms with van der Waals surface area (Å²) in [5, 5.41) is 23.4. The van der Waals surface area contributed by atoms with Gasteiger partial charge in [0.1, 0.15) is 5.82 Å². The van der Waals surface area contributed by atoms with Gasteiger partial charge < -0.3 is 10.4 Å². The van der Waals surface area contributed by atoms with E-state index >= 15 is 0 Å². The average molecular weight is 302 g/mol. The highest BCUT2D eigenvalue weighted by molar-refractivity contribution is 5.37. The number of nitrogens with zero attached hydrogens (tertiary/aromatic N) is 1. The molecule has 0 aromatic heterocycles. The van der Waals surface area contributed by atoms with Gasteiger partial charge in [-0.3, -0.25) is 10.1 Å². The van der Waals surface area contributed by atoms with E-state index in [1.54, 1.807) is 0 Å². The Balaban J connectivity index is 2.67. The summed E-state index contributed by atoms with van der Waals surface area (Å²) in [6, 6.07) is 1.38. The molecule has 1 unspecified atom stereocenters. The number of halogens is 2. The Labute approximate surface area is 122 Å². The van der Waals surface area contributed by atoms with Crippen molar-refractivity contribution in [2.75, 3.05) is 6.54 Å². The van der Waals surface area contributed by atoms with Crippen LogP contribution in [0.1, 0.15) is 32.3 Å². The summed E-state index contributed by atoms with van der Waals surface area (Å²) in [6.45, 7) is 4.18. The molecule has 1 aromatic carbocycles. The predicted molar refractivity (Wildman–Crippen MR) is 74.8 cm³/mol. The molecule has 5 nitrogen and oxygen atoms in total. The van der Waals surface area contributed by atoms with Crippen molar-refractivity contribution in [1.29, 1.82) is 0 Å². The van der Waals surface area contributed by atoms with Crippen LogP contribution >= 0.6 is 0 Å². The molecule has 0 fully saturated rings. The van der Waals surface area contributed by atoms with E-state index in [4.69, 9.17) is 0 Å². The van der Waals surface area contributed by atoms with Crippen molar-refractivity contribution in [2.45, 2.75) is 39.3 Å². The van der Waals surface area contributed by atoms with Gasteiger partial charge in [-0.25, -0.2) is 4.39 Å². The van der Waals surface area contributed by atoms with Crippen molar-refractivity contribution in [1.82, 2.24) is 5.32 Å². The first-order chi connectivity index (χ1) is 9.90. The summed E-state index contributed by atoms with van der Waals surface area (Å²) in [5.41, 5.74) is -0.756. The van der Waals surface area contributed by atoms with Crippen molar-refractivity contribution in [2.24, 2.45) is 5.92 Å². The third-order valence-electron chi connectivity index (χ3n) is 3.57. The van der Waals surface area contributed by atoms with Crippen molar-refractivity contribution in [3.63, 3.8) is 0 Å². The van der Waals surface area contributed by atoms with Crippen LogP contribution in [0.3, 0.4) is 0 Å². The Morgan fingerprint density at radius 3 is 2.43 bits per heavy atom. The zero-order chi connectivity index (χ0) is 16.0. The molecule has 0 amide bonds. The zero-order valence-electron chi connectivity index (χ0n) is 12.1. The fourth-order valence-corrected chi connectivity index (χ4v) is 2.21. The second kappa shape index (κ2) is 7.99. The van der Waals surface area contributed by atoms with Crippen molar-refractivity contribution < 1.29 is 18.8 Å². The third kappa shape index (κ3) is 4.71. The van der Waals surface area contributed by atoms with Crippen LogP contribution in [0.5, 0.6) is 0 Å². The number of hydrogen-bond acceptors (Lipinski definition) is 4. The van der Waals surface area contributed by atoms with E-state index in [2.05, 4.69) is 5.32 Å². The summed E-state index contributed by atoms with van der Waals surface area (Å²) in [7, 11) is 0. The highest BCUT2D eigenvalue weighted by atomic mass is 19.1. The number of rotatable bonds is 8. The number of nitro groups is 1. The molecule has 1 rings (SSSR count). The van der Waals surface area contributed by atoms with E-state index in [9.17, 15) is 24.0 Å². The van der Waals surface area contributed by atoms with Gasteiger partial charge in [0.2, 0.25) is 5.82 Å². The van der Waals surface area contributed by atoms with Gasteiger partial charge in [0.05, 0.1) is 11.0 Å². The van der Waals surface area contributed by atoms with Crippen LogP contribution in [-0.2, 0) is 6.54 Å². The van der Waals surface area contributed by atoms with E-state index in [-0.39, 0.29) is 24.6 Å². The minimum absolute atomic E-state index is 0.000142. The average Bonchev–Trinajstić information content (AvgIpc) is 2.42. The molecule has 1 atom stereocenters. The second-order valence-electron chi connectivity index (χ2n) is 4.93. The number of aliphatic hydroxyl groups is 1. The van der Waals surface area contributed by atoms with Gasteiger partial charge in [0.25, 0.3) is 0 Å². The Kier molecular flexibility index (Phi) is 6.64. The molecule has 2 N–H and O–H groups in total. The Bertz CT molecular complexity index is 493. The molecular formula is C14H20F2N2O3. The Hall–Kier alpha value is -1.60. The first-order valence-electron chi connectivity index (χ1n) is 6.91. The first-order valence-corrected chi connectivity index (χ1v) is 6.91. The molecule has 21 heavy (non-hydrogen) atoms. The number of nitro benzene ring substituents is 1. The van der Waals surface area contributed by atoms with E-state index in [1.807, 2.05) is 13.8 Å². The van der Waals surface area contributed by atoms with Gasteiger partial charge in [-0.2, -0.15) is 4.39 Å². The summed E-state index contributed by atoms with van der Waals surface area (Å²) in [6.07, 6.45) is 1.09. The SMILES string of the molecule is CCC(CC)C(O)CNCc1cc([N+](=O)[O-])c(F)cc1F. The number of nitrogens with one attached hydrogen (secondary N) is 1. The van der Waals surface area contributed by atoms with Crippen LogP contribution in [0.15, 0.2) is 12.1 Å². The lowest BCUT2D eigenvalue weighted by molar-refractivity contribution is -0.387. The molecule has 0 bridgehead atoms. The zero-order valence-corrected chi connectivity index (χ0v) is 12.1. The lowest BCUT2D eigenvalue weighted by atomic mass is 9.96. The highest BCUT2D eigenvalue weighted by Crippen LogP contribution is 2.21. The van der Waals surface area contributed by atoms with E-state index in [1.165, 1.54) is 0 Å². The van der Waals surface area contributed by atoms with Gasteiger partial charge in [-0.05, 0) is 5.92 Å². The van der Waals surface area contributed by atoms with Crippen LogP contribution in [-0.4, -0.2) is 22.7 Å². The minimum Gasteiger partial charge on any atom is -0.392 e. The monoisotopic (exact) mass is 302 g/mol. The number of aliphatic hydroxyl groups excluding tert-OH is 1. The van der Waals surface area contributed by atoms with Gasteiger partial charge in [0, 0.05) is 30.8 Å². The molecule has 0 aliphatic heterocycles. The second-order valence-corrected chi connectivity index (χ2v) is 4.93. The molecular weight excluding hydrogens is 282 g/mol. The Morgan fingerprint density at radius 1 is 1.29 bits per heavy atom. The number of benzene rings is 1. The topological polar surface area (TPSA) is 75.4 Å². The molecule has 0 aliphatic rings. The van der Waals surface area contributed by atoms with Crippen LogP contribution in [0, 0.1) is 27.7 Å². The Morgan fingerprint density at radius 2 is 1.90 bits per heavy atom. The van der Waals surface area contributed by atoms with Crippen LogP contribution in [0.2, 0.25) is 0 Å². The summed E-state index contributed by atoms with van der Waals surface area (Å²) >= 11 is 0. The van der Waals surface area contributed by atoms with Crippen molar-refractivity contribution in [3.8, 4) is 0 Å². The maximum Gasteiger partial charge on any atom is 0.305 e. The van der Waals surface area contributed by atoms with Crippen LogP contribution in [0.25, 0.3) is 0 Å². The summed E-state index contributed by atoms with van der Waals surface area (Å²) in [4.78, 5) is 9.73. The molecule has 0 saturated carbocycles. The predicted octanol–water partition coefficient (Wildman–Crippen LogP) is 2.76. The molecule has 118 valence electrons. The quantitative estimate of drug-likeness (QED) is 0.572. The smallest absolute Gasteiger partial charge is 0.305 e. The minimum atomic E-state index is -1.20. The summed E-state index contributed by atoms with van der Waals surface area (Å²) in [5.74, 6) is -1.90. The fraction of sp³-hybridized carbons (Fsp3) is 0.571. The molecule has 1 aromatic rings. The standard InChI is InChI=1S/C14H20F2N2O3/c1-3-9(4-2)14(19)8-17-7-10-5-13(18(20)21)12(16)6-11(10)15/h5-6,9,14,17,19H,3-4,7-8H2,1-2H3. The van der Waals surface area contributed by atoms with Gasteiger partial charge in [-0.1, -0.05) is 26.7 Å². The van der Waals surface area contributed by atoms with E-state index < -0.39 is 28.3 Å². The van der Waals surface area contributed by atoms with Gasteiger partial charge in [-0.15, -0.1) is 0 Å². The molecule has 7 heteroatoms. The summed E-state index contributed by atoms with van der Waals surface area (Å²) < 4.78 is 26.7. The first kappa shape index (κ1) is 17.5. The van der Waals surface area contributed by atoms with Crippen molar-refractivity contribution >= 4 is 5.69 Å². The van der Waals surface area contributed by atoms with Gasteiger partial charge >= 0.3 is 5.69 Å². The highest BCUT2D eigenvalue weighted by Gasteiger charge is 2.19. The fourth-order valence-electron chi connectivity index (χ4n) is 2.21. The lowest BCUT2D eigenvalue weighted by Crippen LogP contribution is -2.32. The van der Waals surface area contributed by atoms with Crippen LogP contribution in [0.4, 0.5) is 14.5 Å². The normalized spacial score (nSPS) is 12.7. The van der Waals surface area contributed by atoms with E-state index in [0.717, 1.165) is 18.9 Å². The molecule has 0 saturated heterocycles. The van der Waals surface area contributed by atoms with Crippen molar-refractivity contribution in [3.05, 3.63) is 39.4 Å². The lowest BCUT2D eigenvalue weighted by Gasteiger charge is -2.20. The van der Waals surface area contributed by atoms with Gasteiger partial charge in [0.15, 0.2) is 0 Å².